The van der Waals surface area contributed by atoms with Crippen molar-refractivity contribution in [3.05, 3.63) is 42.0 Å². The van der Waals surface area contributed by atoms with Crippen LogP contribution >= 0.6 is 12.2 Å². The number of phenolic OH excluding ortho intramolecular Hbond substituents is 1. The molecule has 0 aromatic heterocycles. The van der Waals surface area contributed by atoms with Gasteiger partial charge in [0.1, 0.15) is 5.75 Å². The van der Waals surface area contributed by atoms with Gasteiger partial charge < -0.3 is 10.4 Å². The summed E-state index contributed by atoms with van der Waals surface area (Å²) in [6.45, 7) is 0. The Morgan fingerprint density at radius 2 is 2.13 bits per heavy atom. The third-order valence-electron chi connectivity index (χ3n) is 5.63. The molecule has 1 aromatic rings. The summed E-state index contributed by atoms with van der Waals surface area (Å²) in [4.78, 5) is 0. The molecule has 2 saturated carbocycles. The molecule has 2 fully saturated rings. The van der Waals surface area contributed by atoms with E-state index in [4.69, 9.17) is 12.2 Å². The van der Waals surface area contributed by atoms with E-state index in [2.05, 4.69) is 28.0 Å². The molecule has 0 amide bonds. The zero-order chi connectivity index (χ0) is 15.8. The van der Waals surface area contributed by atoms with Gasteiger partial charge in [0, 0.05) is 11.6 Å². The summed E-state index contributed by atoms with van der Waals surface area (Å²) in [5.74, 6) is 3.41. The summed E-state index contributed by atoms with van der Waals surface area (Å²) >= 11 is 5.36. The fourth-order valence-corrected chi connectivity index (χ4v) is 4.87. The number of hydrazone groups is 1. The number of fused-ring (bicyclic) bond motifs is 5. The lowest BCUT2D eigenvalue weighted by molar-refractivity contribution is 0.246. The summed E-state index contributed by atoms with van der Waals surface area (Å²) in [5.41, 5.74) is 3.53. The average molecular weight is 327 g/mol. The molecule has 0 radical (unpaired) electrons. The number of hydrogen-bond acceptors (Lipinski definition) is 3. The maximum atomic E-state index is 9.69. The van der Waals surface area contributed by atoms with Crippen molar-refractivity contribution in [2.24, 2.45) is 28.8 Å². The van der Waals surface area contributed by atoms with Gasteiger partial charge in [0.15, 0.2) is 5.11 Å². The van der Waals surface area contributed by atoms with Crippen LogP contribution in [0.1, 0.15) is 24.8 Å². The topological polar surface area (TPSA) is 56.7 Å². The number of para-hydroxylation sites is 1. The molecule has 0 aliphatic heterocycles. The normalized spacial score (nSPS) is 34.0. The second-order valence-corrected chi connectivity index (χ2v) is 7.22. The van der Waals surface area contributed by atoms with E-state index in [0.29, 0.717) is 22.6 Å². The standard InChI is InChI=1S/C18H21N3OS/c22-17-7-2-1-4-11(17)10-19-21-18(23)20-16-9-12-8-15(16)14-6-3-5-13(12)14/h1-4,6-7,10,12-16,22H,5,8-9H2,(H2,20,21,23)/b19-10-/t12-,13+,14+,15+,16-/m1/s1. The molecule has 1 aromatic carbocycles. The van der Waals surface area contributed by atoms with Gasteiger partial charge in [0.05, 0.1) is 6.21 Å². The van der Waals surface area contributed by atoms with Crippen LogP contribution in [-0.4, -0.2) is 22.5 Å². The minimum atomic E-state index is 0.212. The van der Waals surface area contributed by atoms with Gasteiger partial charge in [-0.2, -0.15) is 5.10 Å². The number of benzene rings is 1. The largest absolute Gasteiger partial charge is 0.507 e. The first-order valence-electron chi connectivity index (χ1n) is 8.26. The molecule has 120 valence electrons. The predicted molar refractivity (Wildman–Crippen MR) is 95.3 cm³/mol. The molecule has 23 heavy (non-hydrogen) atoms. The highest BCUT2D eigenvalue weighted by molar-refractivity contribution is 7.80. The van der Waals surface area contributed by atoms with Crippen molar-refractivity contribution in [1.82, 2.24) is 10.7 Å². The highest BCUT2D eigenvalue weighted by Gasteiger charge is 2.52. The molecule has 0 heterocycles. The SMILES string of the molecule is Oc1ccccc1/C=N\NC(=S)N[C@@H]1C[C@H]2C[C@H]1[C@H]1C=CC[C@@H]21. The molecule has 3 N–H and O–H groups in total. The lowest BCUT2D eigenvalue weighted by Crippen LogP contribution is -2.45. The van der Waals surface area contributed by atoms with Crippen molar-refractivity contribution in [3.8, 4) is 5.75 Å². The van der Waals surface area contributed by atoms with E-state index in [1.54, 1.807) is 24.4 Å². The number of phenols is 1. The Hall–Kier alpha value is -1.88. The van der Waals surface area contributed by atoms with Crippen molar-refractivity contribution >= 4 is 23.5 Å². The number of hydrogen-bond donors (Lipinski definition) is 3. The Morgan fingerprint density at radius 1 is 1.26 bits per heavy atom. The van der Waals surface area contributed by atoms with Gasteiger partial charge in [-0.3, -0.25) is 5.43 Å². The van der Waals surface area contributed by atoms with Gasteiger partial charge in [-0.05, 0) is 67.3 Å². The van der Waals surface area contributed by atoms with E-state index in [9.17, 15) is 5.11 Å². The van der Waals surface area contributed by atoms with Crippen LogP contribution in [0, 0.1) is 23.7 Å². The molecule has 5 heteroatoms. The lowest BCUT2D eigenvalue weighted by atomic mass is 9.79. The van der Waals surface area contributed by atoms with Crippen LogP contribution in [0.2, 0.25) is 0 Å². The number of nitrogens with zero attached hydrogens (tertiary/aromatic N) is 1. The third-order valence-corrected chi connectivity index (χ3v) is 5.84. The van der Waals surface area contributed by atoms with E-state index >= 15 is 0 Å². The smallest absolute Gasteiger partial charge is 0.187 e. The molecule has 0 unspecified atom stereocenters. The van der Waals surface area contributed by atoms with Crippen molar-refractivity contribution in [1.29, 1.82) is 0 Å². The third kappa shape index (κ3) is 2.74. The van der Waals surface area contributed by atoms with E-state index in [-0.39, 0.29) is 5.75 Å². The van der Waals surface area contributed by atoms with Gasteiger partial charge >= 0.3 is 0 Å². The van der Waals surface area contributed by atoms with Crippen LogP contribution in [0.5, 0.6) is 5.75 Å². The van der Waals surface area contributed by atoms with E-state index < -0.39 is 0 Å². The second-order valence-electron chi connectivity index (χ2n) is 6.81. The van der Waals surface area contributed by atoms with Crippen LogP contribution in [0.15, 0.2) is 41.5 Å². The van der Waals surface area contributed by atoms with Crippen molar-refractivity contribution in [2.75, 3.05) is 0 Å². The van der Waals surface area contributed by atoms with Crippen molar-refractivity contribution in [3.63, 3.8) is 0 Å². The fourth-order valence-electron chi connectivity index (χ4n) is 4.67. The van der Waals surface area contributed by atoms with Crippen molar-refractivity contribution < 1.29 is 5.11 Å². The molecule has 3 aliphatic rings. The molecule has 4 rings (SSSR count). The molecular weight excluding hydrogens is 306 g/mol. The predicted octanol–water partition coefficient (Wildman–Crippen LogP) is 2.79. The number of allylic oxidation sites excluding steroid dienone is 2. The zero-order valence-electron chi connectivity index (χ0n) is 12.9. The molecule has 0 saturated heterocycles. The minimum Gasteiger partial charge on any atom is -0.507 e. The monoisotopic (exact) mass is 327 g/mol. The van der Waals surface area contributed by atoms with Gasteiger partial charge in [-0.1, -0.05) is 24.3 Å². The Kier molecular flexibility index (Phi) is 3.81. The lowest BCUT2D eigenvalue weighted by Gasteiger charge is -2.32. The summed E-state index contributed by atoms with van der Waals surface area (Å²) in [7, 11) is 0. The van der Waals surface area contributed by atoms with Crippen LogP contribution in [0.3, 0.4) is 0 Å². The first-order valence-corrected chi connectivity index (χ1v) is 8.67. The summed E-state index contributed by atoms with van der Waals surface area (Å²) < 4.78 is 0. The zero-order valence-corrected chi connectivity index (χ0v) is 13.7. The van der Waals surface area contributed by atoms with Gasteiger partial charge in [0.2, 0.25) is 0 Å². The Balaban J connectivity index is 1.31. The van der Waals surface area contributed by atoms with E-state index in [1.807, 2.05) is 6.07 Å². The summed E-state index contributed by atoms with van der Waals surface area (Å²) in [6.07, 6.45) is 10.2. The van der Waals surface area contributed by atoms with Gasteiger partial charge in [0.25, 0.3) is 0 Å². The Bertz CT molecular complexity index is 672. The molecule has 5 atom stereocenters. The van der Waals surface area contributed by atoms with E-state index in [1.165, 1.54) is 19.3 Å². The first kappa shape index (κ1) is 14.7. The number of aromatic hydroxyl groups is 1. The Morgan fingerprint density at radius 3 is 3.00 bits per heavy atom. The molecule has 2 bridgehead atoms. The summed E-state index contributed by atoms with van der Waals surface area (Å²) in [6, 6.07) is 7.55. The second kappa shape index (κ2) is 5.96. The molecule has 3 aliphatic carbocycles. The van der Waals surface area contributed by atoms with Crippen LogP contribution in [0.4, 0.5) is 0 Å². The Labute approximate surface area is 141 Å². The number of thiocarbonyl (C=S) groups is 1. The fraction of sp³-hybridized carbons (Fsp3) is 0.444. The minimum absolute atomic E-state index is 0.212. The average Bonchev–Trinajstić information content (AvgIpc) is 3.21. The van der Waals surface area contributed by atoms with Gasteiger partial charge in [-0.25, -0.2) is 0 Å². The molecule has 4 nitrogen and oxygen atoms in total. The number of rotatable bonds is 3. The molecule has 0 spiro atoms. The maximum Gasteiger partial charge on any atom is 0.187 e. The van der Waals surface area contributed by atoms with Crippen molar-refractivity contribution in [2.45, 2.75) is 25.3 Å². The van der Waals surface area contributed by atoms with Crippen LogP contribution in [-0.2, 0) is 0 Å². The highest BCUT2D eigenvalue weighted by Crippen LogP contribution is 2.56. The first-order chi connectivity index (χ1) is 11.2. The molecular formula is C18H21N3OS. The maximum absolute atomic E-state index is 9.69. The quantitative estimate of drug-likeness (QED) is 0.346. The van der Waals surface area contributed by atoms with Crippen LogP contribution in [0.25, 0.3) is 0 Å². The van der Waals surface area contributed by atoms with E-state index in [0.717, 1.165) is 17.8 Å². The highest BCUT2D eigenvalue weighted by atomic mass is 32.1. The van der Waals surface area contributed by atoms with Gasteiger partial charge in [-0.15, -0.1) is 0 Å². The van der Waals surface area contributed by atoms with Crippen LogP contribution < -0.4 is 10.7 Å². The summed E-state index contributed by atoms with van der Waals surface area (Å²) in [5, 5.41) is 17.8. The number of nitrogens with one attached hydrogen (secondary N) is 2.